The van der Waals surface area contributed by atoms with E-state index in [9.17, 15) is 9.59 Å². The summed E-state index contributed by atoms with van der Waals surface area (Å²) >= 11 is 0. The largest absolute Gasteiger partial charge is 0.462 e. The van der Waals surface area contributed by atoms with E-state index in [-0.39, 0.29) is 11.1 Å². The van der Waals surface area contributed by atoms with E-state index < -0.39 is 5.97 Å². The van der Waals surface area contributed by atoms with Gasteiger partial charge >= 0.3 is 5.97 Å². The Kier molecular flexibility index (Phi) is 4.34. The Bertz CT molecular complexity index is 988. The SMILES string of the molecule is CCCCOC(=O)c1cc2c(=O)c3ccc(C)cc3oc2nc1C. The maximum atomic E-state index is 12.7. The number of carbonyl (C=O) groups is 1. The summed E-state index contributed by atoms with van der Waals surface area (Å²) in [7, 11) is 0. The average Bonchev–Trinajstić information content (AvgIpc) is 2.54. The van der Waals surface area contributed by atoms with Gasteiger partial charge in [0.15, 0.2) is 0 Å². The quantitative estimate of drug-likeness (QED) is 0.413. The van der Waals surface area contributed by atoms with E-state index in [4.69, 9.17) is 9.15 Å². The molecule has 124 valence electrons. The second kappa shape index (κ2) is 6.43. The van der Waals surface area contributed by atoms with Crippen LogP contribution in [0.3, 0.4) is 0 Å². The van der Waals surface area contributed by atoms with E-state index in [0.29, 0.717) is 34.2 Å². The van der Waals surface area contributed by atoms with Crippen molar-refractivity contribution in [2.45, 2.75) is 33.6 Å². The smallest absolute Gasteiger partial charge is 0.340 e. The number of hydrogen-bond donors (Lipinski definition) is 0. The number of esters is 1. The van der Waals surface area contributed by atoms with Crippen molar-refractivity contribution < 1.29 is 13.9 Å². The number of aryl methyl sites for hydroxylation is 2. The highest BCUT2D eigenvalue weighted by atomic mass is 16.5. The molecule has 0 spiro atoms. The lowest BCUT2D eigenvalue weighted by atomic mass is 10.1. The van der Waals surface area contributed by atoms with Crippen molar-refractivity contribution in [3.63, 3.8) is 0 Å². The van der Waals surface area contributed by atoms with Gasteiger partial charge in [0.1, 0.15) is 5.58 Å². The van der Waals surface area contributed by atoms with Crippen molar-refractivity contribution in [3.8, 4) is 0 Å². The zero-order chi connectivity index (χ0) is 17.3. The van der Waals surface area contributed by atoms with Crippen LogP contribution in [-0.2, 0) is 4.74 Å². The standard InChI is InChI=1S/C19H19NO4/c1-4-5-8-23-19(22)14-10-15-17(21)13-7-6-11(2)9-16(13)24-18(15)20-12(14)3/h6-7,9-10H,4-5,8H2,1-3H3. The third kappa shape index (κ3) is 2.89. The van der Waals surface area contributed by atoms with Crippen LogP contribution < -0.4 is 5.43 Å². The molecule has 0 unspecified atom stereocenters. The van der Waals surface area contributed by atoms with Crippen LogP contribution in [0.2, 0.25) is 0 Å². The highest BCUT2D eigenvalue weighted by Crippen LogP contribution is 2.21. The molecule has 0 radical (unpaired) electrons. The van der Waals surface area contributed by atoms with Crippen molar-refractivity contribution >= 4 is 28.0 Å². The van der Waals surface area contributed by atoms with Gasteiger partial charge in [0.05, 0.1) is 28.6 Å². The average molecular weight is 325 g/mol. The molecule has 0 saturated heterocycles. The number of unbranched alkanes of at least 4 members (excludes halogenated alkanes) is 1. The van der Waals surface area contributed by atoms with E-state index >= 15 is 0 Å². The van der Waals surface area contributed by atoms with Crippen molar-refractivity contribution in [1.82, 2.24) is 4.98 Å². The number of fused-ring (bicyclic) bond motifs is 2. The molecule has 3 rings (SSSR count). The number of hydrogen-bond acceptors (Lipinski definition) is 5. The van der Waals surface area contributed by atoms with Gasteiger partial charge in [-0.1, -0.05) is 19.4 Å². The number of carbonyl (C=O) groups excluding carboxylic acids is 1. The highest BCUT2D eigenvalue weighted by Gasteiger charge is 2.17. The van der Waals surface area contributed by atoms with Gasteiger partial charge in [0.25, 0.3) is 0 Å². The monoisotopic (exact) mass is 325 g/mol. The van der Waals surface area contributed by atoms with Gasteiger partial charge in [-0.2, -0.15) is 0 Å². The fraction of sp³-hybridized carbons (Fsp3) is 0.316. The summed E-state index contributed by atoms with van der Waals surface area (Å²) in [5, 5.41) is 0.767. The number of ether oxygens (including phenoxy) is 1. The molecule has 0 bridgehead atoms. The van der Waals surface area contributed by atoms with Crippen LogP contribution in [0.25, 0.3) is 22.1 Å². The second-order valence-electron chi connectivity index (χ2n) is 5.89. The number of nitrogens with zero attached hydrogens (tertiary/aromatic N) is 1. The first-order chi connectivity index (χ1) is 11.5. The second-order valence-corrected chi connectivity index (χ2v) is 5.89. The van der Waals surface area contributed by atoms with Gasteiger partial charge in [-0.3, -0.25) is 4.79 Å². The summed E-state index contributed by atoms with van der Waals surface area (Å²) in [4.78, 5) is 29.2. The van der Waals surface area contributed by atoms with Crippen LogP contribution in [-0.4, -0.2) is 17.6 Å². The molecule has 0 N–H and O–H groups in total. The topological polar surface area (TPSA) is 69.4 Å². The molecular formula is C19H19NO4. The normalized spacial score (nSPS) is 11.1. The lowest BCUT2D eigenvalue weighted by Gasteiger charge is -2.08. The van der Waals surface area contributed by atoms with Crippen LogP contribution in [0.1, 0.15) is 41.4 Å². The first-order valence-corrected chi connectivity index (χ1v) is 8.03. The van der Waals surface area contributed by atoms with E-state index in [1.807, 2.05) is 19.9 Å². The number of benzene rings is 1. The Morgan fingerprint density at radius 2 is 2.00 bits per heavy atom. The third-order valence-corrected chi connectivity index (χ3v) is 3.96. The molecule has 0 atom stereocenters. The molecule has 2 heterocycles. The molecule has 0 aliphatic rings. The Balaban J connectivity index is 2.14. The molecule has 5 nitrogen and oxygen atoms in total. The maximum Gasteiger partial charge on any atom is 0.340 e. The van der Waals surface area contributed by atoms with Gasteiger partial charge in [0.2, 0.25) is 11.1 Å². The Morgan fingerprint density at radius 3 is 2.75 bits per heavy atom. The summed E-state index contributed by atoms with van der Waals surface area (Å²) in [6.07, 6.45) is 1.75. The Hall–Kier alpha value is -2.69. The van der Waals surface area contributed by atoms with Crippen LogP contribution in [0, 0.1) is 13.8 Å². The molecule has 24 heavy (non-hydrogen) atoms. The third-order valence-electron chi connectivity index (χ3n) is 3.96. The van der Waals surface area contributed by atoms with E-state index in [1.54, 1.807) is 19.1 Å². The van der Waals surface area contributed by atoms with Crippen molar-refractivity contribution in [2.75, 3.05) is 6.61 Å². The van der Waals surface area contributed by atoms with Gasteiger partial charge in [-0.25, -0.2) is 9.78 Å². The molecule has 0 aliphatic carbocycles. The predicted molar refractivity (Wildman–Crippen MR) is 92.4 cm³/mol. The van der Waals surface area contributed by atoms with E-state index in [0.717, 1.165) is 18.4 Å². The fourth-order valence-electron chi connectivity index (χ4n) is 2.57. The molecule has 1 aromatic carbocycles. The van der Waals surface area contributed by atoms with E-state index in [1.165, 1.54) is 6.07 Å². The lowest BCUT2D eigenvalue weighted by Crippen LogP contribution is -2.12. The Morgan fingerprint density at radius 1 is 1.21 bits per heavy atom. The summed E-state index contributed by atoms with van der Waals surface area (Å²) < 4.78 is 11.0. The summed E-state index contributed by atoms with van der Waals surface area (Å²) in [6, 6.07) is 6.92. The first kappa shape index (κ1) is 16.2. The molecule has 0 saturated carbocycles. The predicted octanol–water partition coefficient (Wildman–Crippen LogP) is 3.91. The minimum absolute atomic E-state index is 0.193. The molecule has 5 heteroatoms. The number of rotatable bonds is 4. The molecule has 0 aliphatic heterocycles. The zero-order valence-electron chi connectivity index (χ0n) is 14.0. The van der Waals surface area contributed by atoms with Gasteiger partial charge in [0, 0.05) is 0 Å². The number of pyridine rings is 1. The Labute approximate surface area is 139 Å². The molecule has 0 amide bonds. The van der Waals surface area contributed by atoms with Crippen LogP contribution >= 0.6 is 0 Å². The van der Waals surface area contributed by atoms with Crippen LogP contribution in [0.15, 0.2) is 33.5 Å². The summed E-state index contributed by atoms with van der Waals surface area (Å²) in [5.74, 6) is -0.459. The highest BCUT2D eigenvalue weighted by molar-refractivity contribution is 5.96. The maximum absolute atomic E-state index is 12.7. The lowest BCUT2D eigenvalue weighted by molar-refractivity contribution is 0.0498. The molecule has 0 fully saturated rings. The van der Waals surface area contributed by atoms with Crippen LogP contribution in [0.5, 0.6) is 0 Å². The summed E-state index contributed by atoms with van der Waals surface area (Å²) in [6.45, 7) is 6.02. The van der Waals surface area contributed by atoms with E-state index in [2.05, 4.69) is 4.98 Å². The minimum atomic E-state index is -0.459. The van der Waals surface area contributed by atoms with Crippen molar-refractivity contribution in [2.24, 2.45) is 0 Å². The van der Waals surface area contributed by atoms with Crippen molar-refractivity contribution in [1.29, 1.82) is 0 Å². The molecule has 3 aromatic rings. The molecule has 2 aromatic heterocycles. The van der Waals surface area contributed by atoms with Gasteiger partial charge in [-0.05, 0) is 44.0 Å². The van der Waals surface area contributed by atoms with Gasteiger partial charge < -0.3 is 9.15 Å². The first-order valence-electron chi connectivity index (χ1n) is 8.03. The summed E-state index contributed by atoms with van der Waals surface area (Å²) in [5.41, 5.74) is 2.33. The minimum Gasteiger partial charge on any atom is -0.462 e. The van der Waals surface area contributed by atoms with Crippen molar-refractivity contribution in [3.05, 3.63) is 51.3 Å². The fourth-order valence-corrected chi connectivity index (χ4v) is 2.57. The van der Waals surface area contributed by atoms with Crippen LogP contribution in [0.4, 0.5) is 0 Å². The zero-order valence-corrected chi connectivity index (χ0v) is 14.0. The van der Waals surface area contributed by atoms with Gasteiger partial charge in [-0.15, -0.1) is 0 Å². The number of aromatic nitrogens is 1. The molecular weight excluding hydrogens is 306 g/mol.